The SMILES string of the molecule is CCOC(=O)/C=C/c1ccc(N)c(OC)c1. The third-order valence-electron chi connectivity index (χ3n) is 1.96. The Morgan fingerprint density at radius 3 is 2.88 bits per heavy atom. The molecule has 0 saturated heterocycles. The molecule has 0 unspecified atom stereocenters. The third-order valence-corrected chi connectivity index (χ3v) is 1.96. The molecule has 4 nitrogen and oxygen atoms in total. The monoisotopic (exact) mass is 221 g/mol. The number of nitrogen functional groups attached to an aromatic ring is 1. The summed E-state index contributed by atoms with van der Waals surface area (Å²) in [7, 11) is 1.55. The van der Waals surface area contributed by atoms with Gasteiger partial charge in [-0.15, -0.1) is 0 Å². The van der Waals surface area contributed by atoms with Gasteiger partial charge in [0.15, 0.2) is 0 Å². The zero-order valence-electron chi connectivity index (χ0n) is 9.40. The number of esters is 1. The van der Waals surface area contributed by atoms with Gasteiger partial charge >= 0.3 is 5.97 Å². The summed E-state index contributed by atoms with van der Waals surface area (Å²) in [5.74, 6) is 0.226. The normalized spacial score (nSPS) is 10.4. The van der Waals surface area contributed by atoms with Gasteiger partial charge in [-0.25, -0.2) is 4.79 Å². The molecular formula is C12H15NO3. The van der Waals surface area contributed by atoms with E-state index in [1.54, 1.807) is 38.3 Å². The molecule has 0 amide bonds. The number of carbonyl (C=O) groups is 1. The Morgan fingerprint density at radius 2 is 2.25 bits per heavy atom. The van der Waals surface area contributed by atoms with E-state index in [1.165, 1.54) is 6.08 Å². The minimum absolute atomic E-state index is 0.363. The van der Waals surface area contributed by atoms with Crippen molar-refractivity contribution < 1.29 is 14.3 Å². The van der Waals surface area contributed by atoms with E-state index in [2.05, 4.69) is 0 Å². The highest BCUT2D eigenvalue weighted by Crippen LogP contribution is 2.22. The van der Waals surface area contributed by atoms with E-state index in [4.69, 9.17) is 15.2 Å². The molecule has 0 spiro atoms. The Labute approximate surface area is 94.7 Å². The molecule has 0 bridgehead atoms. The number of benzene rings is 1. The highest BCUT2D eigenvalue weighted by atomic mass is 16.5. The molecule has 1 rings (SSSR count). The van der Waals surface area contributed by atoms with E-state index < -0.39 is 0 Å². The van der Waals surface area contributed by atoms with Crippen molar-refractivity contribution in [1.29, 1.82) is 0 Å². The Hall–Kier alpha value is -1.97. The van der Waals surface area contributed by atoms with Crippen molar-refractivity contribution in [3.8, 4) is 5.75 Å². The maximum absolute atomic E-state index is 11.1. The number of hydrogen-bond donors (Lipinski definition) is 1. The van der Waals surface area contributed by atoms with Crippen molar-refractivity contribution in [2.45, 2.75) is 6.92 Å². The second-order valence-corrected chi connectivity index (χ2v) is 3.09. The summed E-state index contributed by atoms with van der Waals surface area (Å²) in [5.41, 5.74) is 7.06. The molecule has 0 aliphatic carbocycles. The largest absolute Gasteiger partial charge is 0.495 e. The average Bonchev–Trinajstić information content (AvgIpc) is 2.28. The minimum Gasteiger partial charge on any atom is -0.495 e. The van der Waals surface area contributed by atoms with Crippen LogP contribution in [0.4, 0.5) is 5.69 Å². The lowest BCUT2D eigenvalue weighted by atomic mass is 10.2. The number of rotatable bonds is 4. The maximum Gasteiger partial charge on any atom is 0.330 e. The van der Waals surface area contributed by atoms with Gasteiger partial charge in [0.1, 0.15) is 5.75 Å². The number of carbonyl (C=O) groups excluding carboxylic acids is 1. The molecule has 0 aliphatic heterocycles. The van der Waals surface area contributed by atoms with Gasteiger partial charge < -0.3 is 15.2 Å². The number of methoxy groups -OCH3 is 1. The lowest BCUT2D eigenvalue weighted by molar-refractivity contribution is -0.137. The summed E-state index contributed by atoms with van der Waals surface area (Å²) in [6, 6.07) is 5.28. The van der Waals surface area contributed by atoms with Crippen molar-refractivity contribution in [2.75, 3.05) is 19.5 Å². The van der Waals surface area contributed by atoms with Crippen molar-refractivity contribution in [3.63, 3.8) is 0 Å². The van der Waals surface area contributed by atoms with E-state index in [-0.39, 0.29) is 5.97 Å². The zero-order valence-corrected chi connectivity index (χ0v) is 9.40. The average molecular weight is 221 g/mol. The summed E-state index contributed by atoms with van der Waals surface area (Å²) in [6.45, 7) is 2.13. The first-order chi connectivity index (χ1) is 7.67. The van der Waals surface area contributed by atoms with Gasteiger partial charge in [0.05, 0.1) is 19.4 Å². The molecule has 0 atom stereocenters. The number of anilines is 1. The molecule has 0 aliphatic rings. The van der Waals surface area contributed by atoms with Crippen LogP contribution < -0.4 is 10.5 Å². The quantitative estimate of drug-likeness (QED) is 0.479. The number of nitrogens with two attached hydrogens (primary N) is 1. The molecule has 2 N–H and O–H groups in total. The molecule has 1 aromatic rings. The van der Waals surface area contributed by atoms with E-state index in [0.29, 0.717) is 18.0 Å². The van der Waals surface area contributed by atoms with Gasteiger partial charge in [-0.2, -0.15) is 0 Å². The molecular weight excluding hydrogens is 206 g/mol. The predicted octanol–water partition coefficient (Wildman–Crippen LogP) is 1.85. The van der Waals surface area contributed by atoms with Crippen molar-refractivity contribution in [3.05, 3.63) is 29.8 Å². The second-order valence-electron chi connectivity index (χ2n) is 3.09. The molecule has 1 aromatic carbocycles. The fourth-order valence-electron chi connectivity index (χ4n) is 1.19. The van der Waals surface area contributed by atoms with Gasteiger partial charge in [-0.1, -0.05) is 6.07 Å². The first-order valence-corrected chi connectivity index (χ1v) is 4.95. The van der Waals surface area contributed by atoms with Crippen molar-refractivity contribution >= 4 is 17.7 Å². The first kappa shape index (κ1) is 12.1. The Balaban J connectivity index is 2.78. The topological polar surface area (TPSA) is 61.5 Å². The van der Waals surface area contributed by atoms with Crippen LogP contribution in [-0.4, -0.2) is 19.7 Å². The van der Waals surface area contributed by atoms with E-state index in [9.17, 15) is 4.79 Å². The molecule has 16 heavy (non-hydrogen) atoms. The number of hydrogen-bond acceptors (Lipinski definition) is 4. The Bertz CT molecular complexity index is 399. The summed E-state index contributed by atoms with van der Waals surface area (Å²) < 4.78 is 9.83. The van der Waals surface area contributed by atoms with Gasteiger partial charge in [0.25, 0.3) is 0 Å². The lowest BCUT2D eigenvalue weighted by Gasteiger charge is -2.04. The Kier molecular flexibility index (Phi) is 4.39. The molecule has 86 valence electrons. The molecule has 4 heteroatoms. The van der Waals surface area contributed by atoms with Crippen LogP contribution in [0.3, 0.4) is 0 Å². The van der Waals surface area contributed by atoms with E-state index >= 15 is 0 Å². The second kappa shape index (κ2) is 5.80. The van der Waals surface area contributed by atoms with Crippen molar-refractivity contribution in [1.82, 2.24) is 0 Å². The van der Waals surface area contributed by atoms with Crippen LogP contribution >= 0.6 is 0 Å². The van der Waals surface area contributed by atoms with Crippen LogP contribution in [0.5, 0.6) is 5.75 Å². The van der Waals surface area contributed by atoms with Gasteiger partial charge in [-0.05, 0) is 30.7 Å². The van der Waals surface area contributed by atoms with Gasteiger partial charge in [-0.3, -0.25) is 0 Å². The molecule has 0 saturated carbocycles. The number of ether oxygens (including phenoxy) is 2. The maximum atomic E-state index is 11.1. The third kappa shape index (κ3) is 3.31. The summed E-state index contributed by atoms with van der Waals surface area (Å²) in [4.78, 5) is 11.1. The standard InChI is InChI=1S/C12H15NO3/c1-3-16-12(14)7-5-9-4-6-10(13)11(8-9)15-2/h4-8H,3,13H2,1-2H3/b7-5+. The highest BCUT2D eigenvalue weighted by molar-refractivity contribution is 5.87. The Morgan fingerprint density at radius 1 is 1.50 bits per heavy atom. The van der Waals surface area contributed by atoms with Crippen LogP contribution in [0, 0.1) is 0 Å². The first-order valence-electron chi connectivity index (χ1n) is 4.95. The van der Waals surface area contributed by atoms with Gasteiger partial charge in [0, 0.05) is 6.08 Å². The molecule has 0 heterocycles. The predicted molar refractivity (Wildman–Crippen MR) is 63.1 cm³/mol. The van der Waals surface area contributed by atoms with E-state index in [0.717, 1.165) is 5.56 Å². The highest BCUT2D eigenvalue weighted by Gasteiger charge is 1.99. The van der Waals surface area contributed by atoms with E-state index in [1.807, 2.05) is 0 Å². The van der Waals surface area contributed by atoms with Crippen LogP contribution in [0.2, 0.25) is 0 Å². The fourth-order valence-corrected chi connectivity index (χ4v) is 1.19. The molecule has 0 fully saturated rings. The summed E-state index contributed by atoms with van der Waals surface area (Å²) >= 11 is 0. The van der Waals surface area contributed by atoms with Crippen LogP contribution in [0.1, 0.15) is 12.5 Å². The van der Waals surface area contributed by atoms with Crippen molar-refractivity contribution in [2.24, 2.45) is 0 Å². The smallest absolute Gasteiger partial charge is 0.330 e. The zero-order chi connectivity index (χ0) is 12.0. The fraction of sp³-hybridized carbons (Fsp3) is 0.250. The molecule has 0 aromatic heterocycles. The van der Waals surface area contributed by atoms with Crippen LogP contribution in [0.25, 0.3) is 6.08 Å². The summed E-state index contributed by atoms with van der Waals surface area (Å²) in [5, 5.41) is 0. The summed E-state index contributed by atoms with van der Waals surface area (Å²) in [6.07, 6.45) is 3.02. The van der Waals surface area contributed by atoms with Gasteiger partial charge in [0.2, 0.25) is 0 Å². The van der Waals surface area contributed by atoms with Crippen LogP contribution in [0.15, 0.2) is 24.3 Å². The lowest BCUT2D eigenvalue weighted by Crippen LogP contribution is -1.98. The van der Waals surface area contributed by atoms with Crippen LogP contribution in [-0.2, 0) is 9.53 Å². The minimum atomic E-state index is -0.363. The molecule has 0 radical (unpaired) electrons.